The van der Waals surface area contributed by atoms with Crippen molar-refractivity contribution >= 4 is 106 Å². The van der Waals surface area contributed by atoms with Crippen molar-refractivity contribution in [1.29, 1.82) is 0 Å². The molecular weight excluding hydrogens is 693 g/mol. The van der Waals surface area contributed by atoms with E-state index >= 15 is 0 Å². The van der Waals surface area contributed by atoms with Crippen LogP contribution in [0, 0.1) is 13.7 Å². The molecule has 4 heteroatoms. The molecular formula is C53H34BNO2. The van der Waals surface area contributed by atoms with Gasteiger partial charge >= 0.3 is 0 Å². The van der Waals surface area contributed by atoms with E-state index in [2.05, 4.69) is 71.6 Å². The molecule has 0 N–H and O–H groups in total. The fraction of sp³-hybridized carbons (Fsp3) is 0.0566. The van der Waals surface area contributed by atoms with Gasteiger partial charge in [-0.15, -0.1) is 0 Å². The number of benzene rings is 9. The minimum atomic E-state index is -2.56. The number of anilines is 3. The van der Waals surface area contributed by atoms with Crippen molar-refractivity contribution in [2.75, 3.05) is 4.90 Å². The Bertz CT molecular complexity index is 3500. The molecule has 9 aromatic carbocycles. The summed E-state index contributed by atoms with van der Waals surface area (Å²) in [6, 6.07) is 54.9. The Balaban J connectivity index is 1.29. The normalized spacial score (nSPS) is 16.6. The van der Waals surface area contributed by atoms with Crippen LogP contribution in [-0.2, 0) is 0 Å². The predicted molar refractivity (Wildman–Crippen MR) is 239 cm³/mol. The monoisotopic (exact) mass is 733 g/mol. The van der Waals surface area contributed by atoms with Crippen molar-refractivity contribution in [2.45, 2.75) is 19.6 Å². The lowest BCUT2D eigenvalue weighted by atomic mass is 9.30. The number of fused-ring (bicyclic) bond motifs is 16. The Morgan fingerprint density at radius 2 is 1.14 bits per heavy atom. The van der Waals surface area contributed by atoms with Crippen LogP contribution in [-0.4, -0.2) is 6.71 Å². The molecule has 11 aromatic rings. The summed E-state index contributed by atoms with van der Waals surface area (Å²) >= 11 is 0. The van der Waals surface area contributed by atoms with Crippen LogP contribution in [0.1, 0.15) is 42.0 Å². The Labute approximate surface area is 337 Å². The molecule has 13 rings (SSSR count). The molecule has 2 aliphatic heterocycles. The van der Waals surface area contributed by atoms with Gasteiger partial charge in [0, 0.05) is 41.7 Å². The molecule has 0 radical (unpaired) electrons. The van der Waals surface area contributed by atoms with Crippen molar-refractivity contribution in [1.82, 2.24) is 0 Å². The number of furan rings is 2. The zero-order chi connectivity index (χ0) is 42.5. The van der Waals surface area contributed by atoms with Gasteiger partial charge in [-0.1, -0.05) is 139 Å². The van der Waals surface area contributed by atoms with Crippen molar-refractivity contribution in [3.8, 4) is 0 Å². The lowest BCUT2D eigenvalue weighted by Crippen LogP contribution is -2.62. The smallest absolute Gasteiger partial charge is 0.247 e. The van der Waals surface area contributed by atoms with Crippen LogP contribution in [0.5, 0.6) is 0 Å². The Kier molecular flexibility index (Phi) is 5.13. The van der Waals surface area contributed by atoms with E-state index in [4.69, 9.17) is 17.1 Å². The van der Waals surface area contributed by atoms with Gasteiger partial charge in [0.05, 0.1) is 11.1 Å². The van der Waals surface area contributed by atoms with E-state index in [9.17, 15) is 0 Å². The maximum atomic E-state index is 9.08. The summed E-state index contributed by atoms with van der Waals surface area (Å²) in [5.41, 5.74) is 10.3. The molecule has 0 aliphatic carbocycles. The van der Waals surface area contributed by atoms with E-state index in [0.717, 1.165) is 87.8 Å². The van der Waals surface area contributed by atoms with Gasteiger partial charge in [-0.25, -0.2) is 0 Å². The molecule has 2 aliphatic rings. The first-order chi connectivity index (χ1) is 30.6. The fourth-order valence-electron chi connectivity index (χ4n) is 10.4. The first-order valence-electron chi connectivity index (χ1n) is 22.4. The number of hydrogen-bond acceptors (Lipinski definition) is 3. The van der Waals surface area contributed by atoms with E-state index in [1.54, 1.807) is 0 Å². The number of nitrogens with zero attached hydrogens (tertiary/aromatic N) is 1. The van der Waals surface area contributed by atoms with Crippen LogP contribution >= 0.6 is 0 Å². The summed E-state index contributed by atoms with van der Waals surface area (Å²) in [7, 11) is 0. The van der Waals surface area contributed by atoms with Crippen LogP contribution in [0.2, 0.25) is 0 Å². The third-order valence-corrected chi connectivity index (χ3v) is 12.6. The highest BCUT2D eigenvalue weighted by Gasteiger charge is 2.46. The molecule has 0 saturated heterocycles. The quantitative estimate of drug-likeness (QED) is 0.166. The van der Waals surface area contributed by atoms with Gasteiger partial charge in [0.15, 0.2) is 0 Å². The highest BCUT2D eigenvalue weighted by molar-refractivity contribution is 6.99. The van der Waals surface area contributed by atoms with E-state index in [0.29, 0.717) is 27.7 Å². The number of rotatable bonds is 2. The third kappa shape index (κ3) is 4.07. The van der Waals surface area contributed by atoms with Gasteiger partial charge in [-0.3, -0.25) is 0 Å². The third-order valence-electron chi connectivity index (χ3n) is 12.6. The lowest BCUT2D eigenvalue weighted by molar-refractivity contribution is 0.665. The highest BCUT2D eigenvalue weighted by Crippen LogP contribution is 2.50. The molecule has 2 aromatic heterocycles. The van der Waals surface area contributed by atoms with E-state index in [-0.39, 0.29) is 17.0 Å². The molecule has 0 amide bonds. The first kappa shape index (κ1) is 25.9. The SMILES string of the molecule is [2H]C([2H])([2H])c1cc2c(c3c1oc1ccc4ccccc4c13)C(c1ccccc1)c1cccc3c1B2c1cc(C([2H])([2H])[2H])c2oc4ccc5ccccc5c4c2c1N3c1ccccc1. The summed E-state index contributed by atoms with van der Waals surface area (Å²) in [5.74, 6) is -0.344. The van der Waals surface area contributed by atoms with Crippen molar-refractivity contribution in [2.24, 2.45) is 0 Å². The van der Waals surface area contributed by atoms with Gasteiger partial charge in [0.25, 0.3) is 0 Å². The molecule has 3 nitrogen and oxygen atoms in total. The second kappa shape index (κ2) is 11.3. The molecule has 1 unspecified atom stereocenters. The van der Waals surface area contributed by atoms with E-state index in [1.165, 1.54) is 0 Å². The van der Waals surface area contributed by atoms with Crippen LogP contribution in [0.25, 0.3) is 65.4 Å². The zero-order valence-corrected chi connectivity index (χ0v) is 30.5. The molecule has 1 atom stereocenters. The van der Waals surface area contributed by atoms with Gasteiger partial charge in [0.1, 0.15) is 22.3 Å². The van der Waals surface area contributed by atoms with Crippen LogP contribution < -0.4 is 21.3 Å². The topological polar surface area (TPSA) is 29.5 Å². The van der Waals surface area contributed by atoms with Crippen molar-refractivity contribution in [3.63, 3.8) is 0 Å². The van der Waals surface area contributed by atoms with Gasteiger partial charge in [0.2, 0.25) is 6.71 Å². The summed E-state index contributed by atoms with van der Waals surface area (Å²) in [4.78, 5) is 2.27. The molecule has 0 spiro atoms. The van der Waals surface area contributed by atoms with E-state index < -0.39 is 20.4 Å². The first-order valence-corrected chi connectivity index (χ1v) is 19.4. The van der Waals surface area contributed by atoms with Crippen molar-refractivity contribution in [3.05, 3.63) is 192 Å². The van der Waals surface area contributed by atoms with Crippen LogP contribution in [0.15, 0.2) is 173 Å². The van der Waals surface area contributed by atoms with Crippen LogP contribution in [0.4, 0.5) is 17.1 Å². The summed E-state index contributed by atoms with van der Waals surface area (Å²) in [5, 5.41) is 7.08. The molecule has 0 saturated carbocycles. The minimum Gasteiger partial charge on any atom is -0.456 e. The maximum Gasteiger partial charge on any atom is 0.247 e. The maximum absolute atomic E-state index is 9.08. The summed E-state index contributed by atoms with van der Waals surface area (Å²) < 4.78 is 68.0. The molecule has 0 bridgehead atoms. The number of aryl methyl sites for hydroxylation is 2. The Hall–Kier alpha value is -7.04. The predicted octanol–water partition coefficient (Wildman–Crippen LogP) is 12.2. The van der Waals surface area contributed by atoms with E-state index in [1.807, 2.05) is 97.1 Å². The molecule has 57 heavy (non-hydrogen) atoms. The van der Waals surface area contributed by atoms with Crippen LogP contribution in [0.3, 0.4) is 0 Å². The summed E-state index contributed by atoms with van der Waals surface area (Å²) in [6.45, 7) is -5.71. The zero-order valence-electron chi connectivity index (χ0n) is 36.5. The average molecular weight is 734 g/mol. The highest BCUT2D eigenvalue weighted by atomic mass is 16.3. The van der Waals surface area contributed by atoms with Crippen molar-refractivity contribution < 1.29 is 17.1 Å². The average Bonchev–Trinajstić information content (AvgIpc) is 3.88. The summed E-state index contributed by atoms with van der Waals surface area (Å²) in [6.07, 6.45) is 0. The van der Waals surface area contributed by atoms with Gasteiger partial charge in [-0.05, 0) is 104 Å². The minimum absolute atomic E-state index is 0.106. The lowest BCUT2D eigenvalue weighted by Gasteiger charge is -2.43. The number of para-hydroxylation sites is 1. The second-order valence-corrected chi connectivity index (χ2v) is 15.4. The molecule has 0 fully saturated rings. The number of hydrogen-bond donors (Lipinski definition) is 0. The largest absolute Gasteiger partial charge is 0.456 e. The molecule has 4 heterocycles. The second-order valence-electron chi connectivity index (χ2n) is 15.4. The van der Waals surface area contributed by atoms with Gasteiger partial charge in [-0.2, -0.15) is 0 Å². The van der Waals surface area contributed by atoms with Gasteiger partial charge < -0.3 is 13.7 Å². The molecule has 266 valence electrons. The Morgan fingerprint density at radius 3 is 1.82 bits per heavy atom. The Morgan fingerprint density at radius 1 is 0.544 bits per heavy atom. The standard InChI is InChI=1S/C53H34BNO2/c1-30-28-39-47(48-45-36-20-11-9-14-32(36)24-26-42(45)56-52(30)48)44(34-16-5-3-6-17-34)38-22-13-23-41-50(38)54(39)40-29-31(2)53-49(51(40)55(41)35-18-7-4-8-19-35)46-37-21-12-10-15-33(37)25-27-43(46)57-53/h3-29,44H,1-2H3/i1D3,2D3. The fourth-order valence-corrected chi connectivity index (χ4v) is 10.4.